The number of urea groups is 1. The first-order chi connectivity index (χ1) is 14.5. The molecule has 0 aliphatic carbocycles. The second-order valence-electron chi connectivity index (χ2n) is 7.25. The van der Waals surface area contributed by atoms with Crippen molar-refractivity contribution in [1.29, 1.82) is 0 Å². The summed E-state index contributed by atoms with van der Waals surface area (Å²) in [5.41, 5.74) is 1.16. The van der Waals surface area contributed by atoms with Gasteiger partial charge in [0.2, 0.25) is 0 Å². The predicted molar refractivity (Wildman–Crippen MR) is 115 cm³/mol. The van der Waals surface area contributed by atoms with Gasteiger partial charge in [0.05, 0.1) is 18.1 Å². The molecule has 0 bridgehead atoms. The second-order valence-corrected chi connectivity index (χ2v) is 7.25. The lowest BCUT2D eigenvalue weighted by Gasteiger charge is -2.40. The summed E-state index contributed by atoms with van der Waals surface area (Å²) in [6.45, 7) is 3.92. The minimum absolute atomic E-state index is 0.125. The van der Waals surface area contributed by atoms with Gasteiger partial charge in [-0.2, -0.15) is 0 Å². The molecule has 0 saturated carbocycles. The first kappa shape index (κ1) is 21.5. The maximum atomic E-state index is 12.3. The van der Waals surface area contributed by atoms with E-state index in [0.29, 0.717) is 18.8 Å². The molecule has 30 heavy (non-hydrogen) atoms. The molecular weight excluding hydrogens is 386 g/mol. The van der Waals surface area contributed by atoms with Gasteiger partial charge in [-0.05, 0) is 24.7 Å². The summed E-state index contributed by atoms with van der Waals surface area (Å²) in [6, 6.07) is 14.4. The molecule has 9 heteroatoms. The lowest BCUT2D eigenvalue weighted by molar-refractivity contribution is -0.384. The van der Waals surface area contributed by atoms with Gasteiger partial charge in [0.25, 0.3) is 5.69 Å². The number of ether oxygens (including phenoxy) is 1. The van der Waals surface area contributed by atoms with Crippen LogP contribution in [0.2, 0.25) is 0 Å². The number of anilines is 1. The van der Waals surface area contributed by atoms with E-state index >= 15 is 0 Å². The van der Waals surface area contributed by atoms with Crippen LogP contribution in [0.1, 0.15) is 11.6 Å². The van der Waals surface area contributed by atoms with Crippen molar-refractivity contribution in [3.05, 3.63) is 64.2 Å². The van der Waals surface area contributed by atoms with Crippen molar-refractivity contribution in [1.82, 2.24) is 15.1 Å². The Balaban J connectivity index is 1.57. The van der Waals surface area contributed by atoms with Crippen LogP contribution < -0.4 is 15.4 Å². The Kier molecular flexibility index (Phi) is 7.21. The number of nitrogens with zero attached hydrogens (tertiary/aromatic N) is 3. The minimum Gasteiger partial charge on any atom is -0.496 e. The average Bonchev–Trinajstić information content (AvgIpc) is 2.75. The van der Waals surface area contributed by atoms with Gasteiger partial charge in [-0.25, -0.2) is 4.79 Å². The lowest BCUT2D eigenvalue weighted by Crippen LogP contribution is -2.49. The zero-order valence-corrected chi connectivity index (χ0v) is 17.2. The average molecular weight is 413 g/mol. The van der Waals surface area contributed by atoms with E-state index in [-0.39, 0.29) is 17.4 Å². The Morgan fingerprint density at radius 3 is 2.70 bits per heavy atom. The number of rotatable bonds is 7. The van der Waals surface area contributed by atoms with Crippen molar-refractivity contribution >= 4 is 17.4 Å². The summed E-state index contributed by atoms with van der Waals surface area (Å²) in [4.78, 5) is 27.6. The quantitative estimate of drug-likeness (QED) is 0.535. The molecule has 1 unspecified atom stereocenters. The first-order valence-electron chi connectivity index (χ1n) is 9.82. The van der Waals surface area contributed by atoms with Crippen molar-refractivity contribution < 1.29 is 14.5 Å². The van der Waals surface area contributed by atoms with E-state index in [9.17, 15) is 14.9 Å². The molecule has 9 nitrogen and oxygen atoms in total. The topological polar surface area (TPSA) is 100.0 Å². The molecule has 2 amide bonds. The van der Waals surface area contributed by atoms with E-state index in [0.717, 1.165) is 19.6 Å². The summed E-state index contributed by atoms with van der Waals surface area (Å²) in [6.07, 6.45) is 0. The number of nitrogens with one attached hydrogen (secondary N) is 2. The number of methoxy groups -OCH3 is 1. The van der Waals surface area contributed by atoms with E-state index in [4.69, 9.17) is 4.74 Å². The Morgan fingerprint density at radius 2 is 2.00 bits per heavy atom. The number of nitro benzene ring substituents is 1. The van der Waals surface area contributed by atoms with Crippen LogP contribution in [-0.2, 0) is 0 Å². The predicted octanol–water partition coefficient (Wildman–Crippen LogP) is 2.71. The third kappa shape index (κ3) is 5.46. The maximum absolute atomic E-state index is 12.3. The smallest absolute Gasteiger partial charge is 0.319 e. The van der Waals surface area contributed by atoms with E-state index in [1.54, 1.807) is 6.07 Å². The fraction of sp³-hybridized carbons (Fsp3) is 0.381. The molecule has 1 fully saturated rings. The third-order valence-corrected chi connectivity index (χ3v) is 5.21. The van der Waals surface area contributed by atoms with Crippen LogP contribution in [0, 0.1) is 10.1 Å². The number of likely N-dealkylation sites (N-methyl/N-ethyl adjacent to an activating group) is 1. The number of hydrogen-bond donors (Lipinski definition) is 2. The highest BCUT2D eigenvalue weighted by atomic mass is 16.6. The van der Waals surface area contributed by atoms with Crippen molar-refractivity contribution in [3.8, 4) is 5.75 Å². The fourth-order valence-corrected chi connectivity index (χ4v) is 3.59. The van der Waals surface area contributed by atoms with Crippen molar-refractivity contribution in [2.45, 2.75) is 6.04 Å². The number of benzene rings is 2. The van der Waals surface area contributed by atoms with Crippen LogP contribution in [0.5, 0.6) is 5.75 Å². The fourth-order valence-electron chi connectivity index (χ4n) is 3.59. The molecule has 2 aromatic rings. The highest BCUT2D eigenvalue weighted by molar-refractivity contribution is 5.92. The number of amides is 2. The summed E-state index contributed by atoms with van der Waals surface area (Å²) in [7, 11) is 3.54. The molecule has 3 rings (SSSR count). The summed E-state index contributed by atoms with van der Waals surface area (Å²) >= 11 is 0. The number of hydrogen-bond acceptors (Lipinski definition) is 6. The summed E-state index contributed by atoms with van der Waals surface area (Å²) < 4.78 is 5.01. The van der Waals surface area contributed by atoms with E-state index in [2.05, 4.69) is 39.6 Å². The number of piperazine rings is 1. The monoisotopic (exact) mass is 413 g/mol. The van der Waals surface area contributed by atoms with Gasteiger partial charge in [0.1, 0.15) is 11.4 Å². The third-order valence-electron chi connectivity index (χ3n) is 5.21. The molecule has 1 saturated heterocycles. The highest BCUT2D eigenvalue weighted by Crippen LogP contribution is 2.29. The van der Waals surface area contributed by atoms with E-state index < -0.39 is 11.0 Å². The maximum Gasteiger partial charge on any atom is 0.319 e. The summed E-state index contributed by atoms with van der Waals surface area (Å²) in [5.74, 6) is 0.356. The van der Waals surface area contributed by atoms with Gasteiger partial charge in [-0.1, -0.05) is 30.3 Å². The van der Waals surface area contributed by atoms with Gasteiger partial charge in [0, 0.05) is 38.8 Å². The molecule has 1 atom stereocenters. The van der Waals surface area contributed by atoms with Gasteiger partial charge >= 0.3 is 6.03 Å². The molecule has 0 spiro atoms. The molecular formula is C21H27N5O4. The highest BCUT2D eigenvalue weighted by Gasteiger charge is 2.26. The summed E-state index contributed by atoms with van der Waals surface area (Å²) in [5, 5.41) is 16.6. The standard InChI is InChI=1S/C21H27N5O4/c1-24-12-13-25(20(15-24)16-6-4-3-5-7-16)11-10-22-21(27)23-18-9-8-17(30-2)14-19(18)26(28)29/h3-9,14,20H,10-13,15H2,1-2H3,(H2,22,23,27). The molecule has 1 heterocycles. The number of nitro groups is 1. The largest absolute Gasteiger partial charge is 0.496 e. The molecule has 2 aromatic carbocycles. The van der Waals surface area contributed by atoms with Gasteiger partial charge in [-0.15, -0.1) is 0 Å². The molecule has 0 radical (unpaired) electrons. The van der Waals surface area contributed by atoms with Crippen molar-refractivity contribution in [3.63, 3.8) is 0 Å². The Hall–Kier alpha value is -3.17. The van der Waals surface area contributed by atoms with Crippen LogP contribution >= 0.6 is 0 Å². The van der Waals surface area contributed by atoms with Crippen molar-refractivity contribution in [2.24, 2.45) is 0 Å². The van der Waals surface area contributed by atoms with Crippen molar-refractivity contribution in [2.75, 3.05) is 52.2 Å². The Bertz CT molecular complexity index is 877. The van der Waals surface area contributed by atoms with Crippen LogP contribution in [0.25, 0.3) is 0 Å². The number of carbonyl (C=O) groups excluding carboxylic acids is 1. The van der Waals surface area contributed by atoms with Gasteiger partial charge < -0.3 is 20.3 Å². The van der Waals surface area contributed by atoms with Gasteiger partial charge in [0.15, 0.2) is 0 Å². The zero-order chi connectivity index (χ0) is 21.5. The zero-order valence-electron chi connectivity index (χ0n) is 17.2. The normalized spacial score (nSPS) is 17.3. The Morgan fingerprint density at radius 1 is 1.23 bits per heavy atom. The van der Waals surface area contributed by atoms with E-state index in [1.807, 2.05) is 18.2 Å². The minimum atomic E-state index is -0.549. The molecule has 1 aliphatic heterocycles. The SMILES string of the molecule is COc1ccc(NC(=O)NCCN2CCN(C)CC2c2ccccc2)c([N+](=O)[O-])c1. The first-order valence-corrected chi connectivity index (χ1v) is 9.82. The van der Waals surface area contributed by atoms with Gasteiger partial charge in [-0.3, -0.25) is 15.0 Å². The van der Waals surface area contributed by atoms with E-state index in [1.165, 1.54) is 24.8 Å². The van der Waals surface area contributed by atoms with Crippen LogP contribution in [0.15, 0.2) is 48.5 Å². The molecule has 160 valence electrons. The Labute approximate surface area is 175 Å². The van der Waals surface area contributed by atoms with Crippen LogP contribution in [-0.4, -0.2) is 67.6 Å². The second kappa shape index (κ2) is 10.0. The molecule has 0 aromatic heterocycles. The molecule has 1 aliphatic rings. The number of carbonyl (C=O) groups is 1. The van der Waals surface area contributed by atoms with Crippen LogP contribution in [0.3, 0.4) is 0 Å². The van der Waals surface area contributed by atoms with Crippen LogP contribution in [0.4, 0.5) is 16.2 Å². The molecule has 2 N–H and O–H groups in total. The lowest BCUT2D eigenvalue weighted by atomic mass is 10.0.